The number of aromatic nitrogens is 1. The van der Waals surface area contributed by atoms with E-state index in [0.29, 0.717) is 16.5 Å². The SMILES string of the molecule is Nc1cc(N)c(-c2ccc(Cl)cc2)cn1. The molecular formula is C11H10ClN3. The molecule has 0 saturated heterocycles. The van der Waals surface area contributed by atoms with Crippen molar-refractivity contribution in [1.82, 2.24) is 4.98 Å². The minimum Gasteiger partial charge on any atom is -0.398 e. The molecule has 0 aliphatic heterocycles. The molecule has 1 aromatic heterocycles. The number of halogens is 1. The minimum absolute atomic E-state index is 0.421. The number of nitrogen functional groups attached to an aromatic ring is 2. The standard InChI is InChI=1S/C11H10ClN3/c12-8-3-1-7(2-4-8)9-6-15-11(14)5-10(9)13/h1-6H,(H4,13,14,15). The highest BCUT2D eigenvalue weighted by atomic mass is 35.5. The molecule has 0 fully saturated rings. The van der Waals surface area contributed by atoms with Crippen LogP contribution in [0.15, 0.2) is 36.5 Å². The second-order valence-corrected chi connectivity index (χ2v) is 3.64. The highest BCUT2D eigenvalue weighted by Crippen LogP contribution is 2.26. The van der Waals surface area contributed by atoms with E-state index in [2.05, 4.69) is 4.98 Å². The Morgan fingerprint density at radius 1 is 1.07 bits per heavy atom. The molecule has 0 radical (unpaired) electrons. The van der Waals surface area contributed by atoms with Crippen molar-refractivity contribution in [3.05, 3.63) is 41.6 Å². The predicted octanol–water partition coefficient (Wildman–Crippen LogP) is 2.57. The zero-order chi connectivity index (χ0) is 10.8. The maximum absolute atomic E-state index is 5.84. The van der Waals surface area contributed by atoms with Crippen LogP contribution in [-0.4, -0.2) is 4.98 Å². The van der Waals surface area contributed by atoms with Crippen LogP contribution in [0.1, 0.15) is 0 Å². The number of nitrogens with zero attached hydrogens (tertiary/aromatic N) is 1. The van der Waals surface area contributed by atoms with Crippen molar-refractivity contribution >= 4 is 23.1 Å². The molecule has 15 heavy (non-hydrogen) atoms. The van der Waals surface area contributed by atoms with E-state index in [0.717, 1.165) is 11.1 Å². The molecule has 0 spiro atoms. The summed E-state index contributed by atoms with van der Waals surface area (Å²) in [5.74, 6) is 0.421. The number of anilines is 2. The molecule has 0 saturated carbocycles. The average molecular weight is 220 g/mol. The molecule has 2 rings (SSSR count). The lowest BCUT2D eigenvalue weighted by atomic mass is 10.1. The molecule has 0 aliphatic carbocycles. The zero-order valence-electron chi connectivity index (χ0n) is 7.94. The van der Waals surface area contributed by atoms with Gasteiger partial charge in [0.2, 0.25) is 0 Å². The molecule has 2 aromatic rings. The summed E-state index contributed by atoms with van der Waals surface area (Å²) in [5, 5.41) is 0.695. The van der Waals surface area contributed by atoms with Crippen LogP contribution < -0.4 is 11.5 Å². The summed E-state index contributed by atoms with van der Waals surface area (Å²) >= 11 is 5.80. The fourth-order valence-corrected chi connectivity index (χ4v) is 1.48. The quantitative estimate of drug-likeness (QED) is 0.775. The summed E-state index contributed by atoms with van der Waals surface area (Å²) in [4.78, 5) is 4.00. The molecular weight excluding hydrogens is 210 g/mol. The lowest BCUT2D eigenvalue weighted by Crippen LogP contribution is -1.95. The van der Waals surface area contributed by atoms with Crippen molar-refractivity contribution in [1.29, 1.82) is 0 Å². The third-order valence-corrected chi connectivity index (χ3v) is 2.36. The maximum atomic E-state index is 5.84. The van der Waals surface area contributed by atoms with Gasteiger partial charge < -0.3 is 11.5 Å². The van der Waals surface area contributed by atoms with Gasteiger partial charge in [0.25, 0.3) is 0 Å². The van der Waals surface area contributed by atoms with Gasteiger partial charge in [-0.2, -0.15) is 0 Å². The number of nitrogens with two attached hydrogens (primary N) is 2. The van der Waals surface area contributed by atoms with Crippen LogP contribution in [0.2, 0.25) is 5.02 Å². The van der Waals surface area contributed by atoms with Gasteiger partial charge >= 0.3 is 0 Å². The molecule has 4 heteroatoms. The number of benzene rings is 1. The van der Waals surface area contributed by atoms with Crippen molar-refractivity contribution in [2.24, 2.45) is 0 Å². The molecule has 4 N–H and O–H groups in total. The van der Waals surface area contributed by atoms with Crippen LogP contribution in [-0.2, 0) is 0 Å². The van der Waals surface area contributed by atoms with E-state index in [1.165, 1.54) is 0 Å². The van der Waals surface area contributed by atoms with Crippen LogP contribution >= 0.6 is 11.6 Å². The van der Waals surface area contributed by atoms with E-state index in [9.17, 15) is 0 Å². The molecule has 0 unspecified atom stereocenters. The first-order valence-corrected chi connectivity index (χ1v) is 4.81. The number of pyridine rings is 1. The van der Waals surface area contributed by atoms with Crippen LogP contribution in [0.4, 0.5) is 11.5 Å². The van der Waals surface area contributed by atoms with Gasteiger partial charge in [0.15, 0.2) is 0 Å². The molecule has 0 bridgehead atoms. The van der Waals surface area contributed by atoms with Gasteiger partial charge in [-0.15, -0.1) is 0 Å². The fraction of sp³-hybridized carbons (Fsp3) is 0. The second-order valence-electron chi connectivity index (χ2n) is 3.20. The summed E-state index contributed by atoms with van der Waals surface area (Å²) in [6.07, 6.45) is 1.66. The van der Waals surface area contributed by atoms with Gasteiger partial charge in [-0.3, -0.25) is 0 Å². The van der Waals surface area contributed by atoms with Gasteiger partial charge in [0.05, 0.1) is 0 Å². The van der Waals surface area contributed by atoms with E-state index in [1.54, 1.807) is 12.3 Å². The average Bonchev–Trinajstić information content (AvgIpc) is 2.20. The van der Waals surface area contributed by atoms with E-state index in [4.69, 9.17) is 23.1 Å². The predicted molar refractivity (Wildman–Crippen MR) is 63.5 cm³/mol. The Morgan fingerprint density at radius 2 is 1.73 bits per heavy atom. The van der Waals surface area contributed by atoms with Crippen LogP contribution in [0, 0.1) is 0 Å². The van der Waals surface area contributed by atoms with E-state index in [-0.39, 0.29) is 0 Å². The largest absolute Gasteiger partial charge is 0.398 e. The number of hydrogen-bond acceptors (Lipinski definition) is 3. The van der Waals surface area contributed by atoms with Crippen molar-refractivity contribution < 1.29 is 0 Å². The molecule has 0 atom stereocenters. The first kappa shape index (κ1) is 9.80. The van der Waals surface area contributed by atoms with Gasteiger partial charge in [-0.25, -0.2) is 4.98 Å². The summed E-state index contributed by atoms with van der Waals surface area (Å²) in [7, 11) is 0. The van der Waals surface area contributed by atoms with Gasteiger partial charge in [0.1, 0.15) is 5.82 Å². The first-order chi connectivity index (χ1) is 7.16. The highest BCUT2D eigenvalue weighted by Gasteiger charge is 2.03. The first-order valence-electron chi connectivity index (χ1n) is 4.44. The Bertz CT molecular complexity index is 480. The van der Waals surface area contributed by atoms with Gasteiger partial charge in [-0.1, -0.05) is 23.7 Å². The van der Waals surface area contributed by atoms with Crippen LogP contribution in [0.25, 0.3) is 11.1 Å². The Hall–Kier alpha value is -1.74. The highest BCUT2D eigenvalue weighted by molar-refractivity contribution is 6.30. The van der Waals surface area contributed by atoms with Crippen LogP contribution in [0.3, 0.4) is 0 Å². The third-order valence-electron chi connectivity index (χ3n) is 2.11. The molecule has 1 heterocycles. The number of hydrogen-bond donors (Lipinski definition) is 2. The van der Waals surface area contributed by atoms with E-state index < -0.39 is 0 Å². The molecule has 3 nitrogen and oxygen atoms in total. The normalized spacial score (nSPS) is 10.2. The minimum atomic E-state index is 0.421. The summed E-state index contributed by atoms with van der Waals surface area (Å²) in [6, 6.07) is 9.06. The van der Waals surface area contributed by atoms with E-state index >= 15 is 0 Å². The van der Waals surface area contributed by atoms with Gasteiger partial charge in [-0.05, 0) is 17.7 Å². The van der Waals surface area contributed by atoms with Crippen molar-refractivity contribution in [2.45, 2.75) is 0 Å². The van der Waals surface area contributed by atoms with Crippen LogP contribution in [0.5, 0.6) is 0 Å². The van der Waals surface area contributed by atoms with Crippen molar-refractivity contribution in [2.75, 3.05) is 11.5 Å². The van der Waals surface area contributed by atoms with Crippen molar-refractivity contribution in [3.63, 3.8) is 0 Å². The number of rotatable bonds is 1. The molecule has 1 aromatic carbocycles. The Labute approximate surface area is 92.7 Å². The van der Waals surface area contributed by atoms with Crippen molar-refractivity contribution in [3.8, 4) is 11.1 Å². The zero-order valence-corrected chi connectivity index (χ0v) is 8.70. The smallest absolute Gasteiger partial charge is 0.125 e. The second kappa shape index (κ2) is 3.79. The maximum Gasteiger partial charge on any atom is 0.125 e. The Kier molecular flexibility index (Phi) is 2.47. The topological polar surface area (TPSA) is 64.9 Å². The lowest BCUT2D eigenvalue weighted by Gasteiger charge is -2.05. The van der Waals surface area contributed by atoms with E-state index in [1.807, 2.05) is 24.3 Å². The molecule has 0 aliphatic rings. The Morgan fingerprint density at radius 3 is 2.33 bits per heavy atom. The summed E-state index contributed by atoms with van der Waals surface area (Å²) in [6.45, 7) is 0. The summed E-state index contributed by atoms with van der Waals surface area (Å²) < 4.78 is 0. The fourth-order valence-electron chi connectivity index (χ4n) is 1.36. The monoisotopic (exact) mass is 219 g/mol. The molecule has 76 valence electrons. The Balaban J connectivity index is 2.49. The lowest BCUT2D eigenvalue weighted by molar-refractivity contribution is 1.34. The molecule has 0 amide bonds. The third kappa shape index (κ3) is 2.02. The van der Waals surface area contributed by atoms with Gasteiger partial charge in [0, 0.05) is 28.5 Å². The summed E-state index contributed by atoms with van der Waals surface area (Å²) in [5.41, 5.74) is 13.8.